The summed E-state index contributed by atoms with van der Waals surface area (Å²) in [6.45, 7) is 4.95. The highest BCUT2D eigenvalue weighted by Gasteiger charge is 2.29. The van der Waals surface area contributed by atoms with Gasteiger partial charge in [0.1, 0.15) is 23.1 Å². The van der Waals surface area contributed by atoms with Crippen LogP contribution in [0.1, 0.15) is 44.2 Å². The predicted octanol–water partition coefficient (Wildman–Crippen LogP) is 4.52. The molecule has 0 bridgehead atoms. The fourth-order valence-electron chi connectivity index (χ4n) is 5.69. The van der Waals surface area contributed by atoms with Crippen LogP contribution in [0.25, 0.3) is 17.0 Å². The van der Waals surface area contributed by atoms with E-state index in [1.165, 1.54) is 6.07 Å². The highest BCUT2D eigenvalue weighted by molar-refractivity contribution is 7.89. The smallest absolute Gasteiger partial charge is 0.214 e. The number of hydrogen-bond acceptors (Lipinski definition) is 7. The van der Waals surface area contributed by atoms with Gasteiger partial charge in [0.05, 0.1) is 23.7 Å². The summed E-state index contributed by atoms with van der Waals surface area (Å²) >= 11 is 0. The molecule has 1 aromatic carbocycles. The molecule has 3 aromatic heterocycles. The molecule has 210 valence electrons. The summed E-state index contributed by atoms with van der Waals surface area (Å²) in [6.07, 6.45) is 5.28. The second kappa shape index (κ2) is 11.1. The van der Waals surface area contributed by atoms with Gasteiger partial charge >= 0.3 is 0 Å². The molecule has 0 aliphatic carbocycles. The zero-order valence-electron chi connectivity index (χ0n) is 22.7. The van der Waals surface area contributed by atoms with Gasteiger partial charge in [-0.05, 0) is 61.2 Å². The van der Waals surface area contributed by atoms with Crippen molar-refractivity contribution in [2.24, 2.45) is 0 Å². The maximum absolute atomic E-state index is 14.0. The second-order valence-corrected chi connectivity index (χ2v) is 12.5. The summed E-state index contributed by atoms with van der Waals surface area (Å²) in [5.74, 6) is 1.60. The van der Waals surface area contributed by atoms with E-state index in [-0.39, 0.29) is 17.6 Å². The van der Waals surface area contributed by atoms with Crippen LogP contribution in [0.15, 0.2) is 60.8 Å². The Kier molecular flexibility index (Phi) is 7.41. The van der Waals surface area contributed by atoms with E-state index in [4.69, 9.17) is 10.1 Å². The van der Waals surface area contributed by atoms with Crippen molar-refractivity contribution in [3.63, 3.8) is 0 Å². The first-order chi connectivity index (χ1) is 19.4. The lowest BCUT2D eigenvalue weighted by atomic mass is 10.0. The number of rotatable bonds is 8. The summed E-state index contributed by atoms with van der Waals surface area (Å²) in [5.41, 5.74) is 3.20. The normalized spacial score (nSPS) is 18.6. The molecule has 0 amide bonds. The average Bonchev–Trinajstić information content (AvgIpc) is 3.64. The van der Waals surface area contributed by atoms with Crippen molar-refractivity contribution in [2.75, 3.05) is 48.3 Å². The van der Waals surface area contributed by atoms with E-state index in [0.29, 0.717) is 32.6 Å². The molecule has 6 rings (SSSR count). The van der Waals surface area contributed by atoms with Gasteiger partial charge in [-0.3, -0.25) is 0 Å². The van der Waals surface area contributed by atoms with Crippen LogP contribution in [0.3, 0.4) is 0 Å². The molecule has 4 aromatic rings. The number of unbranched alkanes of at least 4 members (excludes halogenated alkanes) is 1. The number of hydrogen-bond donors (Lipinski definition) is 0. The number of imidazole rings is 1. The fourth-order valence-corrected chi connectivity index (χ4v) is 7.32. The number of pyridine rings is 1. The number of aromatic nitrogens is 4. The minimum Gasteiger partial charge on any atom is -0.354 e. The highest BCUT2D eigenvalue weighted by atomic mass is 32.2. The molecular weight excluding hydrogens is 529 g/mol. The molecule has 0 radical (unpaired) electrons. The van der Waals surface area contributed by atoms with Gasteiger partial charge < -0.3 is 9.80 Å². The van der Waals surface area contributed by atoms with Crippen LogP contribution in [-0.4, -0.2) is 70.8 Å². The molecule has 40 heavy (non-hydrogen) atoms. The maximum atomic E-state index is 14.0. The number of halogens is 1. The van der Waals surface area contributed by atoms with Crippen LogP contribution in [0.2, 0.25) is 0 Å². The van der Waals surface area contributed by atoms with Gasteiger partial charge in [0, 0.05) is 32.7 Å². The number of benzene rings is 1. The number of nitrogens with zero attached hydrogens (tertiary/aromatic N) is 7. The molecular formula is C29H34FN7O2S. The Bertz CT molecular complexity index is 1600. The lowest BCUT2D eigenvalue weighted by Crippen LogP contribution is -2.49. The minimum absolute atomic E-state index is 0.0681. The van der Waals surface area contributed by atoms with Crippen LogP contribution in [0.4, 0.5) is 16.0 Å². The standard InChI is InChI=1S/C29H34FN7O2S/c1-2-3-19-40(38,39)35-17-15-34(16-18-35)28-11-5-9-24(32-28)26-21-31-27-12-13-29(33-37(26)27)36-14-6-10-25(36)22-7-4-8-23(30)20-22/h4-5,7-9,11-13,20-21,25H,2-3,6,10,14-19H2,1H3/t25-/m1/s1. The summed E-state index contributed by atoms with van der Waals surface area (Å²) in [7, 11) is -3.21. The molecule has 11 heteroatoms. The van der Waals surface area contributed by atoms with E-state index in [9.17, 15) is 12.8 Å². The summed E-state index contributed by atoms with van der Waals surface area (Å²) in [5, 5.41) is 4.95. The topological polar surface area (TPSA) is 86.9 Å². The molecule has 5 heterocycles. The quantitative estimate of drug-likeness (QED) is 0.312. The van der Waals surface area contributed by atoms with Crippen LogP contribution in [-0.2, 0) is 10.0 Å². The van der Waals surface area contributed by atoms with Crippen molar-refractivity contribution in [1.82, 2.24) is 23.9 Å². The molecule has 2 saturated heterocycles. The van der Waals surface area contributed by atoms with Crippen molar-refractivity contribution in [2.45, 2.75) is 38.6 Å². The zero-order valence-corrected chi connectivity index (χ0v) is 23.5. The van der Waals surface area contributed by atoms with Gasteiger partial charge in [-0.2, -0.15) is 4.31 Å². The average molecular weight is 564 g/mol. The monoisotopic (exact) mass is 563 g/mol. The maximum Gasteiger partial charge on any atom is 0.214 e. The van der Waals surface area contributed by atoms with Crippen molar-refractivity contribution >= 4 is 27.3 Å². The van der Waals surface area contributed by atoms with Crippen molar-refractivity contribution in [3.8, 4) is 11.4 Å². The van der Waals surface area contributed by atoms with Crippen molar-refractivity contribution < 1.29 is 12.8 Å². The summed E-state index contributed by atoms with van der Waals surface area (Å²) in [6, 6.07) is 16.7. The molecule has 2 aliphatic heterocycles. The molecule has 2 fully saturated rings. The van der Waals surface area contributed by atoms with Crippen LogP contribution in [0, 0.1) is 5.82 Å². The van der Waals surface area contributed by atoms with Gasteiger partial charge in [-0.25, -0.2) is 27.3 Å². The number of sulfonamides is 1. The number of anilines is 2. The molecule has 9 nitrogen and oxygen atoms in total. The first-order valence-electron chi connectivity index (χ1n) is 14.0. The highest BCUT2D eigenvalue weighted by Crippen LogP contribution is 2.35. The lowest BCUT2D eigenvalue weighted by molar-refractivity contribution is 0.383. The van der Waals surface area contributed by atoms with Crippen LogP contribution in [0.5, 0.6) is 0 Å². The first kappa shape index (κ1) is 26.6. The van der Waals surface area contributed by atoms with Gasteiger partial charge in [0.25, 0.3) is 0 Å². The van der Waals surface area contributed by atoms with Gasteiger partial charge in [-0.1, -0.05) is 31.5 Å². The van der Waals surface area contributed by atoms with Gasteiger partial charge in [-0.15, -0.1) is 5.10 Å². The van der Waals surface area contributed by atoms with E-state index < -0.39 is 10.0 Å². The second-order valence-electron chi connectivity index (χ2n) is 10.4. The van der Waals surface area contributed by atoms with Gasteiger partial charge in [0.2, 0.25) is 10.0 Å². The Morgan fingerprint density at radius 2 is 1.80 bits per heavy atom. The molecule has 0 saturated carbocycles. The van der Waals surface area contributed by atoms with E-state index in [1.807, 2.05) is 47.8 Å². The Hall–Kier alpha value is -3.57. The third-order valence-corrected chi connectivity index (χ3v) is 9.79. The molecule has 0 unspecified atom stereocenters. The van der Waals surface area contributed by atoms with E-state index in [0.717, 1.165) is 60.0 Å². The van der Waals surface area contributed by atoms with E-state index in [2.05, 4.69) is 14.8 Å². The number of piperazine rings is 1. The SMILES string of the molecule is CCCCS(=O)(=O)N1CCN(c2cccc(-c3cnc4ccc(N5CCC[C@@H]5c5cccc(F)c5)nn34)n2)CC1. The fraction of sp³-hybridized carbons (Fsp3) is 0.414. The molecule has 2 aliphatic rings. The largest absolute Gasteiger partial charge is 0.354 e. The van der Waals surface area contributed by atoms with Crippen molar-refractivity contribution in [1.29, 1.82) is 0 Å². The minimum atomic E-state index is -3.21. The van der Waals surface area contributed by atoms with Crippen molar-refractivity contribution in [3.05, 3.63) is 72.2 Å². The molecule has 1 atom stereocenters. The molecule has 0 spiro atoms. The summed E-state index contributed by atoms with van der Waals surface area (Å²) in [4.78, 5) is 13.8. The van der Waals surface area contributed by atoms with E-state index >= 15 is 0 Å². The van der Waals surface area contributed by atoms with Crippen LogP contribution < -0.4 is 9.80 Å². The summed E-state index contributed by atoms with van der Waals surface area (Å²) < 4.78 is 42.6. The Balaban J connectivity index is 1.23. The third-order valence-electron chi connectivity index (χ3n) is 7.84. The van der Waals surface area contributed by atoms with Gasteiger partial charge in [0.15, 0.2) is 5.65 Å². The third kappa shape index (κ3) is 5.27. The Labute approximate surface area is 234 Å². The number of fused-ring (bicyclic) bond motifs is 1. The first-order valence-corrected chi connectivity index (χ1v) is 15.6. The predicted molar refractivity (Wildman–Crippen MR) is 154 cm³/mol. The zero-order chi connectivity index (χ0) is 27.7. The lowest BCUT2D eigenvalue weighted by Gasteiger charge is -2.34. The van der Waals surface area contributed by atoms with Crippen LogP contribution >= 0.6 is 0 Å². The Morgan fingerprint density at radius 1 is 0.975 bits per heavy atom. The molecule has 0 N–H and O–H groups in total. The Morgan fingerprint density at radius 3 is 2.60 bits per heavy atom. The van der Waals surface area contributed by atoms with E-state index in [1.54, 1.807) is 22.6 Å².